The molecule has 3 heteroatoms. The van der Waals surface area contributed by atoms with Crippen LogP contribution in [0.3, 0.4) is 0 Å². The molecular weight excluding hydrogens is 186 g/mol. The maximum Gasteiger partial charge on any atom is 0.115 e. The average Bonchev–Trinajstić information content (AvgIpc) is 2.59. The van der Waals surface area contributed by atoms with Crippen LogP contribution in [0.1, 0.15) is 0 Å². The highest BCUT2D eigenvalue weighted by molar-refractivity contribution is 7.99. The van der Waals surface area contributed by atoms with Crippen molar-refractivity contribution in [1.29, 1.82) is 0 Å². The monoisotopic (exact) mass is 193 g/mol. The van der Waals surface area contributed by atoms with Gasteiger partial charge in [0.25, 0.3) is 0 Å². The standard InChI is InChI=1S/C9H7NS2/c1-2-4-8(5-3-1)12-9-6-7-11-10-9/h1-7H. The van der Waals surface area contributed by atoms with Crippen LogP contribution in [0.2, 0.25) is 0 Å². The van der Waals surface area contributed by atoms with E-state index in [2.05, 4.69) is 16.5 Å². The highest BCUT2D eigenvalue weighted by Gasteiger charge is 1.96. The van der Waals surface area contributed by atoms with Gasteiger partial charge in [0.15, 0.2) is 0 Å². The molecule has 0 saturated heterocycles. The van der Waals surface area contributed by atoms with Crippen molar-refractivity contribution in [3.63, 3.8) is 0 Å². The van der Waals surface area contributed by atoms with Gasteiger partial charge >= 0.3 is 0 Å². The summed E-state index contributed by atoms with van der Waals surface area (Å²) in [5.41, 5.74) is 0. The lowest BCUT2D eigenvalue weighted by atomic mass is 10.4. The molecule has 1 aromatic heterocycles. The third kappa shape index (κ3) is 1.87. The van der Waals surface area contributed by atoms with E-state index in [1.165, 1.54) is 16.4 Å². The highest BCUT2D eigenvalue weighted by atomic mass is 32.2. The number of benzene rings is 1. The van der Waals surface area contributed by atoms with Crippen molar-refractivity contribution in [3.8, 4) is 0 Å². The van der Waals surface area contributed by atoms with Crippen LogP contribution in [0.25, 0.3) is 0 Å². The van der Waals surface area contributed by atoms with E-state index in [1.807, 2.05) is 29.6 Å². The minimum atomic E-state index is 1.08. The van der Waals surface area contributed by atoms with E-state index in [1.54, 1.807) is 11.8 Å². The Morgan fingerprint density at radius 2 is 1.92 bits per heavy atom. The number of aromatic nitrogens is 1. The molecule has 0 amide bonds. The second-order valence-electron chi connectivity index (χ2n) is 2.25. The Morgan fingerprint density at radius 3 is 2.58 bits per heavy atom. The van der Waals surface area contributed by atoms with E-state index >= 15 is 0 Å². The zero-order chi connectivity index (χ0) is 8.23. The predicted molar refractivity (Wildman–Crippen MR) is 52.7 cm³/mol. The molecule has 1 nitrogen and oxygen atoms in total. The van der Waals surface area contributed by atoms with Crippen molar-refractivity contribution in [2.45, 2.75) is 9.92 Å². The summed E-state index contributed by atoms with van der Waals surface area (Å²) in [5.74, 6) is 0. The molecule has 1 heterocycles. The fourth-order valence-corrected chi connectivity index (χ4v) is 2.31. The molecule has 0 spiro atoms. The lowest BCUT2D eigenvalue weighted by molar-refractivity contribution is 1.28. The second kappa shape index (κ2) is 3.74. The smallest absolute Gasteiger partial charge is 0.115 e. The summed E-state index contributed by atoms with van der Waals surface area (Å²) < 4.78 is 4.22. The Kier molecular flexibility index (Phi) is 2.44. The summed E-state index contributed by atoms with van der Waals surface area (Å²) in [6.07, 6.45) is 0. The van der Waals surface area contributed by atoms with Crippen molar-refractivity contribution in [1.82, 2.24) is 4.37 Å². The Morgan fingerprint density at radius 1 is 1.08 bits per heavy atom. The molecule has 0 aliphatic heterocycles. The van der Waals surface area contributed by atoms with Crippen molar-refractivity contribution in [3.05, 3.63) is 41.8 Å². The van der Waals surface area contributed by atoms with Gasteiger partial charge in [0, 0.05) is 10.3 Å². The van der Waals surface area contributed by atoms with Gasteiger partial charge in [-0.1, -0.05) is 30.0 Å². The molecule has 0 fully saturated rings. The molecule has 2 aromatic rings. The van der Waals surface area contributed by atoms with Crippen molar-refractivity contribution in [2.24, 2.45) is 0 Å². The van der Waals surface area contributed by atoms with Crippen LogP contribution < -0.4 is 0 Å². The molecule has 60 valence electrons. The first-order valence-electron chi connectivity index (χ1n) is 3.58. The van der Waals surface area contributed by atoms with Gasteiger partial charge in [-0.3, -0.25) is 0 Å². The molecule has 0 saturated carbocycles. The van der Waals surface area contributed by atoms with Gasteiger partial charge in [-0.05, 0) is 29.7 Å². The van der Waals surface area contributed by atoms with E-state index in [4.69, 9.17) is 0 Å². The summed E-state index contributed by atoms with van der Waals surface area (Å²) in [7, 11) is 0. The fourth-order valence-electron chi connectivity index (χ4n) is 0.863. The summed E-state index contributed by atoms with van der Waals surface area (Å²) in [4.78, 5) is 1.24. The first kappa shape index (κ1) is 7.83. The Bertz CT molecular complexity index is 329. The molecule has 2 rings (SSSR count). The summed E-state index contributed by atoms with van der Waals surface area (Å²) in [6.45, 7) is 0. The largest absolute Gasteiger partial charge is 0.186 e. The number of rotatable bonds is 2. The zero-order valence-corrected chi connectivity index (χ0v) is 7.94. The van der Waals surface area contributed by atoms with E-state index in [0.29, 0.717) is 0 Å². The first-order chi connectivity index (χ1) is 5.95. The molecule has 1 aromatic carbocycles. The molecule has 0 unspecified atom stereocenters. The minimum absolute atomic E-state index is 1.08. The molecule has 0 aliphatic rings. The van der Waals surface area contributed by atoms with Crippen molar-refractivity contribution >= 4 is 23.3 Å². The number of hydrogen-bond donors (Lipinski definition) is 0. The van der Waals surface area contributed by atoms with Crippen LogP contribution in [0.4, 0.5) is 0 Å². The normalized spacial score (nSPS) is 10.0. The molecule has 0 aliphatic carbocycles. The fraction of sp³-hybridized carbons (Fsp3) is 0. The Labute approximate surface area is 79.6 Å². The maximum absolute atomic E-state index is 4.22. The van der Waals surface area contributed by atoms with Crippen LogP contribution in [-0.4, -0.2) is 4.37 Å². The summed E-state index contributed by atoms with van der Waals surface area (Å²) in [5, 5.41) is 3.07. The van der Waals surface area contributed by atoms with Crippen LogP contribution >= 0.6 is 23.3 Å². The van der Waals surface area contributed by atoms with Gasteiger partial charge in [-0.2, -0.15) is 4.37 Å². The highest BCUT2D eigenvalue weighted by Crippen LogP contribution is 2.25. The minimum Gasteiger partial charge on any atom is -0.186 e. The van der Waals surface area contributed by atoms with Gasteiger partial charge in [-0.25, -0.2) is 0 Å². The van der Waals surface area contributed by atoms with E-state index < -0.39 is 0 Å². The molecule has 0 atom stereocenters. The lowest BCUT2D eigenvalue weighted by Gasteiger charge is -1.94. The second-order valence-corrected chi connectivity index (χ2v) is 4.01. The summed E-state index contributed by atoms with van der Waals surface area (Å²) >= 11 is 3.18. The maximum atomic E-state index is 4.22. The summed E-state index contributed by atoms with van der Waals surface area (Å²) in [6, 6.07) is 12.3. The van der Waals surface area contributed by atoms with E-state index in [-0.39, 0.29) is 0 Å². The van der Waals surface area contributed by atoms with Crippen LogP contribution in [0, 0.1) is 0 Å². The van der Waals surface area contributed by atoms with E-state index in [0.717, 1.165) is 5.03 Å². The molecule has 0 N–H and O–H groups in total. The molecule has 12 heavy (non-hydrogen) atoms. The number of hydrogen-bond acceptors (Lipinski definition) is 3. The average molecular weight is 193 g/mol. The van der Waals surface area contributed by atoms with Crippen molar-refractivity contribution < 1.29 is 0 Å². The molecular formula is C9H7NS2. The first-order valence-corrected chi connectivity index (χ1v) is 5.24. The Balaban J connectivity index is 2.15. The van der Waals surface area contributed by atoms with Gasteiger partial charge in [0.1, 0.15) is 5.03 Å². The van der Waals surface area contributed by atoms with Crippen LogP contribution in [-0.2, 0) is 0 Å². The SMILES string of the molecule is c1ccc(Sc2ccsn2)cc1. The Hall–Kier alpha value is -0.800. The third-order valence-electron chi connectivity index (χ3n) is 1.38. The molecule has 0 radical (unpaired) electrons. The zero-order valence-electron chi connectivity index (χ0n) is 6.31. The predicted octanol–water partition coefficient (Wildman–Crippen LogP) is 3.29. The topological polar surface area (TPSA) is 12.9 Å². The van der Waals surface area contributed by atoms with Crippen LogP contribution in [0.5, 0.6) is 0 Å². The third-order valence-corrected chi connectivity index (χ3v) is 3.00. The van der Waals surface area contributed by atoms with E-state index in [9.17, 15) is 0 Å². The van der Waals surface area contributed by atoms with Crippen LogP contribution in [0.15, 0.2) is 51.7 Å². The van der Waals surface area contributed by atoms with Gasteiger partial charge in [-0.15, -0.1) is 0 Å². The lowest BCUT2D eigenvalue weighted by Crippen LogP contribution is -1.69. The van der Waals surface area contributed by atoms with Gasteiger partial charge < -0.3 is 0 Å². The van der Waals surface area contributed by atoms with Crippen molar-refractivity contribution in [2.75, 3.05) is 0 Å². The quantitative estimate of drug-likeness (QED) is 0.726. The molecule has 0 bridgehead atoms. The van der Waals surface area contributed by atoms with Gasteiger partial charge in [0.2, 0.25) is 0 Å². The number of nitrogens with zero attached hydrogens (tertiary/aromatic N) is 1. The van der Waals surface area contributed by atoms with Gasteiger partial charge in [0.05, 0.1) is 0 Å².